The van der Waals surface area contributed by atoms with Crippen LogP contribution in [0.3, 0.4) is 0 Å². The number of halogens is 1. The molecule has 0 radical (unpaired) electrons. The molecule has 1 fully saturated rings. The van der Waals surface area contributed by atoms with Gasteiger partial charge >= 0.3 is 0 Å². The molecule has 1 aromatic rings. The molecule has 6 nitrogen and oxygen atoms in total. The Hall–Kier alpha value is -0.630. The summed E-state index contributed by atoms with van der Waals surface area (Å²) in [4.78, 5) is 0.217. The fourth-order valence-electron chi connectivity index (χ4n) is 2.06. The van der Waals surface area contributed by atoms with Crippen LogP contribution >= 0.6 is 12.4 Å². The number of hydrogen-bond acceptors (Lipinski definition) is 4. The molecular weight excluding hydrogens is 276 g/mol. The minimum atomic E-state index is -3.43. The Morgan fingerprint density at radius 3 is 2.50 bits per heavy atom. The van der Waals surface area contributed by atoms with Crippen LogP contribution in [0.1, 0.15) is 25.7 Å². The predicted molar refractivity (Wildman–Crippen MR) is 71.0 cm³/mol. The van der Waals surface area contributed by atoms with Crippen LogP contribution in [0.2, 0.25) is 0 Å². The first-order valence-electron chi connectivity index (χ1n) is 5.74. The maximum atomic E-state index is 12.0. The average molecular weight is 295 g/mol. The van der Waals surface area contributed by atoms with E-state index in [0.29, 0.717) is 0 Å². The molecule has 3 N–H and O–H groups in total. The van der Waals surface area contributed by atoms with Gasteiger partial charge in [0.05, 0.1) is 6.20 Å². The maximum absolute atomic E-state index is 12.0. The lowest BCUT2D eigenvalue weighted by Crippen LogP contribution is -2.40. The lowest BCUT2D eigenvalue weighted by atomic mass is 9.93. The maximum Gasteiger partial charge on any atom is 0.243 e. The van der Waals surface area contributed by atoms with Gasteiger partial charge < -0.3 is 5.73 Å². The van der Waals surface area contributed by atoms with Crippen molar-refractivity contribution in [3.05, 3.63) is 12.4 Å². The molecule has 8 heteroatoms. The van der Waals surface area contributed by atoms with Crippen molar-refractivity contribution in [1.82, 2.24) is 14.5 Å². The second-order valence-electron chi connectivity index (χ2n) is 4.58. The smallest absolute Gasteiger partial charge is 0.243 e. The van der Waals surface area contributed by atoms with Crippen LogP contribution in [0.15, 0.2) is 17.3 Å². The highest BCUT2D eigenvalue weighted by atomic mass is 35.5. The molecule has 0 saturated heterocycles. The fraction of sp³-hybridized carbons (Fsp3) is 0.700. The Balaban J connectivity index is 0.00000162. The Morgan fingerprint density at radius 2 is 2.00 bits per heavy atom. The zero-order valence-corrected chi connectivity index (χ0v) is 11.9. The van der Waals surface area contributed by atoms with Crippen LogP contribution in [0, 0.1) is 0 Å². The first-order valence-corrected chi connectivity index (χ1v) is 7.22. The van der Waals surface area contributed by atoms with E-state index >= 15 is 0 Å². The van der Waals surface area contributed by atoms with Gasteiger partial charge in [-0.25, -0.2) is 13.1 Å². The highest BCUT2D eigenvalue weighted by Gasteiger charge is 2.24. The van der Waals surface area contributed by atoms with E-state index in [-0.39, 0.29) is 29.4 Å². The summed E-state index contributed by atoms with van der Waals surface area (Å²) in [5.41, 5.74) is 5.78. The van der Waals surface area contributed by atoms with Crippen LogP contribution in [-0.4, -0.2) is 30.3 Å². The van der Waals surface area contributed by atoms with Crippen molar-refractivity contribution in [2.24, 2.45) is 12.8 Å². The van der Waals surface area contributed by atoms with Gasteiger partial charge in [-0.15, -0.1) is 12.4 Å². The van der Waals surface area contributed by atoms with Crippen molar-refractivity contribution in [3.63, 3.8) is 0 Å². The fourth-order valence-corrected chi connectivity index (χ4v) is 3.35. The number of aromatic nitrogens is 2. The van der Waals surface area contributed by atoms with E-state index in [1.54, 1.807) is 7.05 Å². The zero-order chi connectivity index (χ0) is 12.5. The lowest BCUT2D eigenvalue weighted by Gasteiger charge is -2.26. The largest absolute Gasteiger partial charge is 0.328 e. The molecule has 1 heterocycles. The van der Waals surface area contributed by atoms with E-state index in [1.165, 1.54) is 17.1 Å². The molecule has 0 spiro atoms. The minimum absolute atomic E-state index is 0. The van der Waals surface area contributed by atoms with Crippen LogP contribution < -0.4 is 10.5 Å². The molecule has 1 saturated carbocycles. The van der Waals surface area contributed by atoms with E-state index < -0.39 is 10.0 Å². The van der Waals surface area contributed by atoms with Crippen LogP contribution in [0.4, 0.5) is 0 Å². The molecule has 0 aliphatic heterocycles. The van der Waals surface area contributed by atoms with Gasteiger partial charge in [0.2, 0.25) is 10.0 Å². The highest BCUT2D eigenvalue weighted by Crippen LogP contribution is 2.19. The Morgan fingerprint density at radius 1 is 1.39 bits per heavy atom. The summed E-state index contributed by atoms with van der Waals surface area (Å²) in [5.74, 6) is 0. The van der Waals surface area contributed by atoms with Gasteiger partial charge in [-0.1, -0.05) is 0 Å². The Labute approximate surface area is 113 Å². The SMILES string of the molecule is Cl.Cn1cc(S(=O)(=O)NC2CCC(N)CC2)cn1. The number of rotatable bonds is 3. The third kappa shape index (κ3) is 3.68. The number of nitrogens with zero attached hydrogens (tertiary/aromatic N) is 2. The number of nitrogens with one attached hydrogen (secondary N) is 1. The quantitative estimate of drug-likeness (QED) is 0.844. The van der Waals surface area contributed by atoms with Gasteiger partial charge in [0.1, 0.15) is 4.90 Å². The monoisotopic (exact) mass is 294 g/mol. The molecule has 0 unspecified atom stereocenters. The zero-order valence-electron chi connectivity index (χ0n) is 10.2. The Kier molecular flexibility index (Phi) is 5.15. The topological polar surface area (TPSA) is 90.0 Å². The molecule has 104 valence electrons. The van der Waals surface area contributed by atoms with Crippen LogP contribution in [-0.2, 0) is 17.1 Å². The molecule has 1 aliphatic carbocycles. The van der Waals surface area contributed by atoms with E-state index in [9.17, 15) is 8.42 Å². The van der Waals surface area contributed by atoms with Crippen molar-refractivity contribution >= 4 is 22.4 Å². The number of hydrogen-bond donors (Lipinski definition) is 2. The summed E-state index contributed by atoms with van der Waals surface area (Å²) in [5, 5.41) is 3.87. The van der Waals surface area contributed by atoms with Gasteiger partial charge in [0, 0.05) is 25.3 Å². The molecule has 18 heavy (non-hydrogen) atoms. The second kappa shape index (κ2) is 6.01. The molecule has 1 aromatic heterocycles. The van der Waals surface area contributed by atoms with Crippen LogP contribution in [0.25, 0.3) is 0 Å². The lowest BCUT2D eigenvalue weighted by molar-refractivity contribution is 0.373. The third-order valence-electron chi connectivity index (χ3n) is 3.09. The number of aryl methyl sites for hydroxylation is 1. The summed E-state index contributed by atoms with van der Waals surface area (Å²) < 4.78 is 28.2. The van der Waals surface area contributed by atoms with Crippen molar-refractivity contribution < 1.29 is 8.42 Å². The van der Waals surface area contributed by atoms with E-state index in [2.05, 4.69) is 9.82 Å². The summed E-state index contributed by atoms with van der Waals surface area (Å²) in [7, 11) is -1.74. The molecular formula is C10H19ClN4O2S. The van der Waals surface area contributed by atoms with Gasteiger partial charge in [0.15, 0.2) is 0 Å². The van der Waals surface area contributed by atoms with Gasteiger partial charge in [-0.2, -0.15) is 5.10 Å². The highest BCUT2D eigenvalue weighted by molar-refractivity contribution is 7.89. The molecule has 1 aliphatic rings. The van der Waals surface area contributed by atoms with Gasteiger partial charge in [0.25, 0.3) is 0 Å². The minimum Gasteiger partial charge on any atom is -0.328 e. The normalized spacial score (nSPS) is 24.6. The number of sulfonamides is 1. The predicted octanol–water partition coefficient (Wildman–Crippen LogP) is 0.390. The van der Waals surface area contributed by atoms with Gasteiger partial charge in [-0.05, 0) is 25.7 Å². The average Bonchev–Trinajstić information content (AvgIpc) is 2.69. The molecule has 0 bridgehead atoms. The summed E-state index contributed by atoms with van der Waals surface area (Å²) in [6, 6.07) is 0.217. The molecule has 0 atom stereocenters. The van der Waals surface area contributed by atoms with Crippen molar-refractivity contribution in [1.29, 1.82) is 0 Å². The molecule has 2 rings (SSSR count). The summed E-state index contributed by atoms with van der Waals surface area (Å²) in [6.45, 7) is 0. The Bertz CT molecular complexity index is 480. The standard InChI is InChI=1S/C10H18N4O2S.ClH/c1-14-7-10(6-12-14)17(15,16)13-9-4-2-8(11)3-5-9;/h6-9,13H,2-5,11H2,1H3;1H. The summed E-state index contributed by atoms with van der Waals surface area (Å²) >= 11 is 0. The second-order valence-corrected chi connectivity index (χ2v) is 6.30. The van der Waals surface area contributed by atoms with Gasteiger partial charge in [-0.3, -0.25) is 4.68 Å². The van der Waals surface area contributed by atoms with Crippen molar-refractivity contribution in [2.75, 3.05) is 0 Å². The number of nitrogens with two attached hydrogens (primary N) is 1. The summed E-state index contributed by atoms with van der Waals surface area (Å²) in [6.07, 6.45) is 6.22. The van der Waals surface area contributed by atoms with E-state index in [1.807, 2.05) is 0 Å². The molecule has 0 aromatic carbocycles. The van der Waals surface area contributed by atoms with E-state index in [4.69, 9.17) is 5.73 Å². The van der Waals surface area contributed by atoms with Crippen LogP contribution in [0.5, 0.6) is 0 Å². The third-order valence-corrected chi connectivity index (χ3v) is 4.56. The first-order chi connectivity index (χ1) is 7.97. The van der Waals surface area contributed by atoms with E-state index in [0.717, 1.165) is 25.7 Å². The van der Waals surface area contributed by atoms with Crippen molar-refractivity contribution in [2.45, 2.75) is 42.7 Å². The molecule has 0 amide bonds. The first kappa shape index (κ1) is 15.4. The van der Waals surface area contributed by atoms with Crippen molar-refractivity contribution in [3.8, 4) is 0 Å².